The molecule has 1 unspecified atom stereocenters. The topological polar surface area (TPSA) is 20.2 Å². The van der Waals surface area contributed by atoms with E-state index in [4.69, 9.17) is 12.2 Å². The van der Waals surface area contributed by atoms with E-state index in [1.165, 1.54) is 0 Å². The van der Waals surface area contributed by atoms with Crippen molar-refractivity contribution in [3.63, 3.8) is 0 Å². The van der Waals surface area contributed by atoms with Gasteiger partial charge in [-0.15, -0.1) is 0 Å². The second-order valence-electron chi connectivity index (χ2n) is 0.741. The first-order chi connectivity index (χ1) is 1.73. The molecule has 0 aromatic rings. The van der Waals surface area contributed by atoms with Crippen molar-refractivity contribution in [3.8, 4) is 0 Å². The molecule has 0 aliphatic heterocycles. The molecule has 0 aromatic carbocycles. The molecular weight excluding hydrogens is 66.9 g/mol. The Balaban J connectivity index is 2.32. The van der Waals surface area contributed by atoms with Crippen LogP contribution in [-0.2, 0) is 0 Å². The summed E-state index contributed by atoms with van der Waals surface area (Å²) >= 11 is 0. The predicted octanol–water partition coefficient (Wildman–Crippen LogP) is -1.00. The molecule has 0 amide bonds. The van der Waals surface area contributed by atoms with Gasteiger partial charge < -0.3 is 4.80 Å². The first-order valence-corrected chi connectivity index (χ1v) is 3.51. The second-order valence-corrected chi connectivity index (χ2v) is 2.22. The second kappa shape index (κ2) is 1.55. The van der Waals surface area contributed by atoms with Gasteiger partial charge in [-0.2, -0.15) is 0 Å². The Bertz CT molecular complexity index is 12.8. The van der Waals surface area contributed by atoms with Gasteiger partial charge in [0.15, 0.2) is 0 Å². The van der Waals surface area contributed by atoms with E-state index in [1.54, 1.807) is 6.55 Å². The quantitative estimate of drug-likeness (QED) is 0.364. The van der Waals surface area contributed by atoms with Crippen LogP contribution in [0, 0.1) is 0 Å². The molecule has 0 bridgehead atoms. The van der Waals surface area contributed by atoms with Gasteiger partial charge in [0.2, 0.25) is 0 Å². The lowest BCUT2D eigenvalue weighted by molar-refractivity contribution is 0.601. The van der Waals surface area contributed by atoms with Crippen molar-refractivity contribution in [2.45, 2.75) is 6.55 Å². The molecule has 0 aliphatic carbocycles. The maximum atomic E-state index is 7.97. The van der Waals surface area contributed by atoms with Crippen molar-refractivity contribution >= 4 is 16.3 Å². The average molecular weight is 71.9 g/mol. The van der Waals surface area contributed by atoms with Gasteiger partial charge >= 0.3 is 0 Å². The monoisotopic (exact) mass is 72.0 g/mol. The Morgan fingerprint density at radius 2 is 2.00 bits per heavy atom. The van der Waals surface area contributed by atoms with E-state index in [0.29, 0.717) is 0 Å². The number of hydrogen-bond donors (Lipinski definition) is 1. The van der Waals surface area contributed by atoms with Crippen LogP contribution in [0.4, 0.5) is 0 Å². The van der Waals surface area contributed by atoms with Crippen LogP contribution in [0.15, 0.2) is 0 Å². The third-order valence-corrected chi connectivity index (χ3v) is 0. The predicted molar refractivity (Wildman–Crippen MR) is 21.0 cm³/mol. The maximum Gasteiger partial charge on any atom is 0.119 e. The third kappa shape index (κ3) is 59.1. The van der Waals surface area contributed by atoms with Crippen molar-refractivity contribution in [3.05, 3.63) is 0 Å². The van der Waals surface area contributed by atoms with Crippen LogP contribution in [0.2, 0.25) is 6.55 Å². The van der Waals surface area contributed by atoms with Gasteiger partial charge in [0.25, 0.3) is 0 Å². The Morgan fingerprint density at radius 3 is 2.00 bits per heavy atom. The fourth-order valence-electron chi connectivity index (χ4n) is 0. The Hall–Kier alpha value is 0.242. The SMILES string of the molecule is [B][SiH](C)O. The Kier molecular flexibility index (Phi) is 1.64. The van der Waals surface area contributed by atoms with Crippen LogP contribution in [0.5, 0.6) is 0 Å². The van der Waals surface area contributed by atoms with Crippen molar-refractivity contribution < 1.29 is 4.80 Å². The van der Waals surface area contributed by atoms with Crippen molar-refractivity contribution in [2.24, 2.45) is 0 Å². The van der Waals surface area contributed by atoms with Crippen molar-refractivity contribution in [1.82, 2.24) is 0 Å². The zero-order valence-corrected chi connectivity index (χ0v) is 3.76. The molecule has 0 aromatic heterocycles. The molecule has 22 valence electrons. The molecule has 0 saturated carbocycles. The van der Waals surface area contributed by atoms with Crippen LogP contribution in [0.1, 0.15) is 0 Å². The molecule has 0 rings (SSSR count). The molecule has 0 heterocycles. The largest absolute Gasteiger partial charge is 0.444 e. The lowest BCUT2D eigenvalue weighted by Crippen LogP contribution is -2.02. The van der Waals surface area contributed by atoms with E-state index >= 15 is 0 Å². The smallest absolute Gasteiger partial charge is 0.119 e. The summed E-state index contributed by atoms with van der Waals surface area (Å²) in [6.07, 6.45) is 0. The lowest BCUT2D eigenvalue weighted by Gasteiger charge is -1.76. The minimum atomic E-state index is -1.64. The minimum absolute atomic E-state index is 1.64. The van der Waals surface area contributed by atoms with E-state index in [2.05, 4.69) is 0 Å². The van der Waals surface area contributed by atoms with Gasteiger partial charge in [0, 0.05) is 0 Å². The summed E-state index contributed by atoms with van der Waals surface area (Å²) in [6.45, 7) is 1.64. The fourth-order valence-corrected chi connectivity index (χ4v) is 0. The molecule has 0 fully saturated rings. The summed E-state index contributed by atoms with van der Waals surface area (Å²) in [4.78, 5) is 7.97. The lowest BCUT2D eigenvalue weighted by atomic mass is 10.8. The molecule has 4 heavy (non-hydrogen) atoms. The molecule has 1 atom stereocenters. The van der Waals surface area contributed by atoms with Crippen molar-refractivity contribution in [1.29, 1.82) is 0 Å². The summed E-state index contributed by atoms with van der Waals surface area (Å²) in [5.41, 5.74) is 0. The van der Waals surface area contributed by atoms with Crippen LogP contribution in [0.25, 0.3) is 0 Å². The zero-order valence-electron chi connectivity index (χ0n) is 2.60. The Labute approximate surface area is 28.7 Å². The van der Waals surface area contributed by atoms with E-state index in [-0.39, 0.29) is 0 Å². The molecule has 3 heteroatoms. The molecular formula is CH5BOSi. The van der Waals surface area contributed by atoms with Crippen LogP contribution in [0.3, 0.4) is 0 Å². The standard InChI is InChI=1S/CH5BOSi/c1-4(2)3/h3-4H,1H3. The van der Waals surface area contributed by atoms with Crippen molar-refractivity contribution in [2.75, 3.05) is 0 Å². The van der Waals surface area contributed by atoms with Gasteiger partial charge in [-0.25, -0.2) is 0 Å². The average Bonchev–Trinajstić information content (AvgIpc) is 0.811. The van der Waals surface area contributed by atoms with Gasteiger partial charge in [0.1, 0.15) is 8.91 Å². The van der Waals surface area contributed by atoms with E-state index in [1.807, 2.05) is 0 Å². The highest BCUT2D eigenvalue weighted by Crippen LogP contribution is 1.50. The van der Waals surface area contributed by atoms with E-state index < -0.39 is 8.91 Å². The molecule has 0 spiro atoms. The zero-order chi connectivity index (χ0) is 3.58. The van der Waals surface area contributed by atoms with Gasteiger partial charge in [-0.05, 0) is 0 Å². The number of rotatable bonds is 0. The molecule has 0 saturated heterocycles. The van der Waals surface area contributed by atoms with Crippen LogP contribution >= 0.6 is 0 Å². The highest BCUT2D eigenvalue weighted by atomic mass is 28.3. The minimum Gasteiger partial charge on any atom is -0.444 e. The van der Waals surface area contributed by atoms with E-state index in [9.17, 15) is 0 Å². The molecule has 1 N–H and O–H groups in total. The summed E-state index contributed by atoms with van der Waals surface area (Å²) < 4.78 is 0. The van der Waals surface area contributed by atoms with Crippen LogP contribution in [-0.4, -0.2) is 21.1 Å². The van der Waals surface area contributed by atoms with Gasteiger partial charge in [-0.3, -0.25) is 0 Å². The highest BCUT2D eigenvalue weighted by Gasteiger charge is 1.74. The fraction of sp³-hybridized carbons (Fsp3) is 1.00. The molecule has 0 aliphatic rings. The molecule has 1 nitrogen and oxygen atoms in total. The maximum absolute atomic E-state index is 7.97. The van der Waals surface area contributed by atoms with E-state index in [0.717, 1.165) is 0 Å². The molecule has 2 radical (unpaired) electrons. The summed E-state index contributed by atoms with van der Waals surface area (Å²) in [6, 6.07) is 0. The highest BCUT2D eigenvalue weighted by molar-refractivity contribution is 6.97. The first kappa shape index (κ1) is 4.24. The van der Waals surface area contributed by atoms with Gasteiger partial charge in [0.05, 0.1) is 7.44 Å². The number of hydrogen-bond acceptors (Lipinski definition) is 1. The summed E-state index contributed by atoms with van der Waals surface area (Å²) in [5.74, 6) is 0. The summed E-state index contributed by atoms with van der Waals surface area (Å²) in [5, 5.41) is 0. The summed E-state index contributed by atoms with van der Waals surface area (Å²) in [7, 11) is 3.17. The Morgan fingerprint density at radius 1 is 2.00 bits per heavy atom. The van der Waals surface area contributed by atoms with Crippen LogP contribution < -0.4 is 0 Å². The first-order valence-electron chi connectivity index (χ1n) is 1.17. The third-order valence-electron chi connectivity index (χ3n) is 0. The van der Waals surface area contributed by atoms with Gasteiger partial charge in [-0.1, -0.05) is 6.55 Å². The normalized spacial score (nSPS) is 15.5.